The number of alkyl halides is 2. The van der Waals surface area contributed by atoms with Gasteiger partial charge in [-0.05, 0) is 86.7 Å². The molecule has 1 unspecified atom stereocenters. The first kappa shape index (κ1) is 36.3. The molecule has 3 aromatic carbocycles. The van der Waals surface area contributed by atoms with Gasteiger partial charge in [0.2, 0.25) is 0 Å². The SMILES string of the molecule is CCOC(=O)c1c(CCCOc2cccc3cc(F)ccc23)c2ccc(Cl)c3c2n1CCCCOC(CCN1CC(F)(F)C1)c1nn(C)c(CC)c1-3. The quantitative estimate of drug-likeness (QED) is 0.0997. The van der Waals surface area contributed by atoms with E-state index in [1.54, 1.807) is 17.9 Å². The van der Waals surface area contributed by atoms with Crippen LogP contribution in [-0.2, 0) is 35.9 Å². The number of nitrogens with zero attached hydrogens (tertiary/aromatic N) is 4. The molecule has 1 saturated heterocycles. The Morgan fingerprint density at radius 1 is 1.08 bits per heavy atom. The minimum Gasteiger partial charge on any atom is -0.493 e. The molecule has 0 amide bonds. The number of esters is 1. The highest BCUT2D eigenvalue weighted by molar-refractivity contribution is 6.35. The molecule has 8 nitrogen and oxygen atoms in total. The Balaban J connectivity index is 1.30. The van der Waals surface area contributed by atoms with E-state index in [-0.39, 0.29) is 25.5 Å². The fourth-order valence-electron chi connectivity index (χ4n) is 7.87. The lowest BCUT2D eigenvalue weighted by Gasteiger charge is -2.39. The van der Waals surface area contributed by atoms with Crippen molar-refractivity contribution in [2.45, 2.75) is 70.9 Å². The smallest absolute Gasteiger partial charge is 0.355 e. The number of carbonyl (C=O) groups excluding carboxylic acids is 1. The van der Waals surface area contributed by atoms with Crippen LogP contribution in [0.5, 0.6) is 5.75 Å². The topological polar surface area (TPSA) is 70.8 Å². The Morgan fingerprint density at radius 3 is 2.65 bits per heavy atom. The first-order valence-corrected chi connectivity index (χ1v) is 18.6. The van der Waals surface area contributed by atoms with Crippen LogP contribution in [0.2, 0.25) is 5.02 Å². The van der Waals surface area contributed by atoms with Gasteiger partial charge in [-0.1, -0.05) is 36.7 Å². The van der Waals surface area contributed by atoms with E-state index >= 15 is 0 Å². The van der Waals surface area contributed by atoms with E-state index in [1.807, 2.05) is 42.1 Å². The van der Waals surface area contributed by atoms with Gasteiger partial charge in [0.1, 0.15) is 23.4 Å². The summed E-state index contributed by atoms with van der Waals surface area (Å²) < 4.78 is 63.6. The second-order valence-corrected chi connectivity index (χ2v) is 14.1. The number of aryl methyl sites for hydroxylation is 3. The normalized spacial score (nSPS) is 17.5. The first-order chi connectivity index (χ1) is 25.1. The Kier molecular flexibility index (Phi) is 10.6. The summed E-state index contributed by atoms with van der Waals surface area (Å²) in [5, 5.41) is 8.01. The highest BCUT2D eigenvalue weighted by Gasteiger charge is 2.43. The average Bonchev–Trinajstić information content (AvgIpc) is 3.59. The minimum atomic E-state index is -2.65. The van der Waals surface area contributed by atoms with Crippen molar-refractivity contribution in [2.75, 3.05) is 39.5 Å². The molecule has 52 heavy (non-hydrogen) atoms. The lowest BCUT2D eigenvalue weighted by atomic mass is 9.94. The van der Waals surface area contributed by atoms with Gasteiger partial charge in [-0.2, -0.15) is 5.10 Å². The number of benzene rings is 3. The number of halogens is 4. The molecule has 0 bridgehead atoms. The Morgan fingerprint density at radius 2 is 1.88 bits per heavy atom. The lowest BCUT2D eigenvalue weighted by Crippen LogP contribution is -2.56. The van der Waals surface area contributed by atoms with Crippen molar-refractivity contribution in [1.29, 1.82) is 0 Å². The van der Waals surface area contributed by atoms with E-state index in [4.69, 9.17) is 30.9 Å². The summed E-state index contributed by atoms with van der Waals surface area (Å²) in [5.74, 6) is -2.67. The molecular formula is C40H44ClF3N4O4. The summed E-state index contributed by atoms with van der Waals surface area (Å²) in [7, 11) is 1.90. The standard InChI is InChI=1S/C40H44ClF3N4O4/c1-4-31-35-34-30(41)16-15-29-28(11-9-21-51-32-12-8-10-25-22-26(42)13-14-27(25)32)38(39(49)50-5-2)48(37(29)34)18-6-7-20-52-33(36(35)45-46(31)3)17-19-47-23-40(43,44)24-47/h8,10,12-16,22,33H,4-7,9,11,17-21,23-24H2,1-3H3. The number of hydrogen-bond donors (Lipinski definition) is 0. The molecule has 0 N–H and O–H groups in total. The molecule has 2 aliphatic rings. The van der Waals surface area contributed by atoms with Gasteiger partial charge < -0.3 is 18.8 Å². The second-order valence-electron chi connectivity index (χ2n) is 13.7. The molecule has 0 saturated carbocycles. The monoisotopic (exact) mass is 736 g/mol. The Bertz CT molecular complexity index is 2100. The number of fused-ring (bicyclic) bond motifs is 3. The average molecular weight is 737 g/mol. The van der Waals surface area contributed by atoms with Gasteiger partial charge in [0.05, 0.1) is 42.5 Å². The molecule has 2 aromatic heterocycles. The van der Waals surface area contributed by atoms with Crippen LogP contribution in [0, 0.1) is 5.82 Å². The molecule has 2 aliphatic heterocycles. The zero-order chi connectivity index (χ0) is 36.6. The summed E-state index contributed by atoms with van der Waals surface area (Å²) in [6, 6.07) is 14.1. The van der Waals surface area contributed by atoms with Crippen molar-refractivity contribution in [1.82, 2.24) is 19.2 Å². The zero-order valence-corrected chi connectivity index (χ0v) is 30.6. The summed E-state index contributed by atoms with van der Waals surface area (Å²) >= 11 is 7.19. The van der Waals surface area contributed by atoms with Gasteiger partial charge in [0.15, 0.2) is 0 Å². The molecule has 276 valence electrons. The Labute approximate surface area is 306 Å². The second kappa shape index (κ2) is 15.1. The maximum atomic E-state index is 13.9. The number of ether oxygens (including phenoxy) is 3. The summed E-state index contributed by atoms with van der Waals surface area (Å²) in [4.78, 5) is 15.6. The number of carbonyl (C=O) groups is 1. The van der Waals surface area contributed by atoms with Gasteiger partial charge in [0.25, 0.3) is 5.92 Å². The number of hydrogen-bond acceptors (Lipinski definition) is 6. The van der Waals surface area contributed by atoms with E-state index in [9.17, 15) is 18.0 Å². The van der Waals surface area contributed by atoms with Crippen LogP contribution < -0.4 is 4.74 Å². The van der Waals surface area contributed by atoms with Crippen molar-refractivity contribution in [2.24, 2.45) is 7.05 Å². The highest BCUT2D eigenvalue weighted by atomic mass is 35.5. The van der Waals surface area contributed by atoms with Crippen LogP contribution in [0.1, 0.15) is 73.1 Å². The van der Waals surface area contributed by atoms with Crippen LogP contribution in [0.4, 0.5) is 13.2 Å². The van der Waals surface area contributed by atoms with E-state index in [0.29, 0.717) is 68.5 Å². The van der Waals surface area contributed by atoms with Crippen LogP contribution in [0.25, 0.3) is 32.8 Å². The van der Waals surface area contributed by atoms with Gasteiger partial charge >= 0.3 is 5.97 Å². The fourth-order valence-corrected chi connectivity index (χ4v) is 8.12. The first-order valence-electron chi connectivity index (χ1n) is 18.2. The third-order valence-corrected chi connectivity index (χ3v) is 10.5. The van der Waals surface area contributed by atoms with Crippen LogP contribution in [0.3, 0.4) is 0 Å². The van der Waals surface area contributed by atoms with Crippen LogP contribution >= 0.6 is 11.6 Å². The predicted octanol–water partition coefficient (Wildman–Crippen LogP) is 8.93. The number of rotatable bonds is 11. The van der Waals surface area contributed by atoms with Crippen molar-refractivity contribution in [3.63, 3.8) is 0 Å². The maximum Gasteiger partial charge on any atom is 0.355 e. The molecule has 5 aromatic rings. The molecule has 0 aliphatic carbocycles. The van der Waals surface area contributed by atoms with Crippen molar-refractivity contribution < 1.29 is 32.2 Å². The number of aromatic nitrogens is 3. The van der Waals surface area contributed by atoms with Gasteiger partial charge in [-0.25, -0.2) is 18.0 Å². The summed E-state index contributed by atoms with van der Waals surface area (Å²) in [6.07, 6.45) is 3.31. The number of likely N-dealkylation sites (tertiary alicyclic amines) is 1. The van der Waals surface area contributed by atoms with Crippen LogP contribution in [-0.4, -0.2) is 70.6 Å². The van der Waals surface area contributed by atoms with E-state index in [2.05, 4.69) is 11.5 Å². The fraction of sp³-hybridized carbons (Fsp3) is 0.450. The molecule has 12 heteroatoms. The van der Waals surface area contributed by atoms with E-state index in [1.165, 1.54) is 12.1 Å². The van der Waals surface area contributed by atoms with Gasteiger partial charge in [-0.15, -0.1) is 0 Å². The van der Waals surface area contributed by atoms with Crippen LogP contribution in [0.15, 0.2) is 48.5 Å². The van der Waals surface area contributed by atoms with E-state index in [0.717, 1.165) is 62.6 Å². The third-order valence-electron chi connectivity index (χ3n) is 10.2. The third kappa shape index (κ3) is 7.02. The molecular weight excluding hydrogens is 693 g/mol. The predicted molar refractivity (Wildman–Crippen MR) is 196 cm³/mol. The van der Waals surface area contributed by atoms with Gasteiger partial charge in [0, 0.05) is 54.3 Å². The zero-order valence-electron chi connectivity index (χ0n) is 29.8. The van der Waals surface area contributed by atoms with Crippen molar-refractivity contribution >= 4 is 39.2 Å². The van der Waals surface area contributed by atoms with Gasteiger partial charge in [-0.3, -0.25) is 9.58 Å². The Hall–Kier alpha value is -4.06. The maximum absolute atomic E-state index is 13.9. The molecule has 1 atom stereocenters. The highest BCUT2D eigenvalue weighted by Crippen LogP contribution is 2.45. The largest absolute Gasteiger partial charge is 0.493 e. The summed E-state index contributed by atoms with van der Waals surface area (Å²) in [5.41, 5.74) is 5.52. The van der Waals surface area contributed by atoms with Crippen molar-refractivity contribution in [3.8, 4) is 16.9 Å². The molecule has 0 radical (unpaired) electrons. The summed E-state index contributed by atoms with van der Waals surface area (Å²) in [6.45, 7) is 5.41. The molecule has 1 fully saturated rings. The molecule has 4 heterocycles. The minimum absolute atomic E-state index is 0.226. The van der Waals surface area contributed by atoms with E-state index < -0.39 is 18.0 Å². The van der Waals surface area contributed by atoms with Crippen molar-refractivity contribution in [3.05, 3.63) is 82.0 Å². The lowest BCUT2D eigenvalue weighted by molar-refractivity contribution is -0.133. The molecule has 0 spiro atoms. The molecule has 7 rings (SSSR count).